The largest absolute Gasteiger partial charge is 0.384 e. The van der Waals surface area contributed by atoms with E-state index in [1.54, 1.807) is 6.07 Å². The molecule has 2 saturated carbocycles. The van der Waals surface area contributed by atoms with Crippen LogP contribution in [-0.4, -0.2) is 35.0 Å². The third-order valence-corrected chi connectivity index (χ3v) is 7.75. The average Bonchev–Trinajstić information content (AvgIpc) is 3.20. The predicted octanol–water partition coefficient (Wildman–Crippen LogP) is 6.23. The zero-order valence-corrected chi connectivity index (χ0v) is 19.8. The summed E-state index contributed by atoms with van der Waals surface area (Å²) in [5.74, 6) is -4.66. The van der Waals surface area contributed by atoms with E-state index in [9.17, 15) is 22.8 Å². The van der Waals surface area contributed by atoms with E-state index in [-0.39, 0.29) is 22.2 Å². The van der Waals surface area contributed by atoms with E-state index in [1.165, 1.54) is 24.3 Å². The van der Waals surface area contributed by atoms with Crippen molar-refractivity contribution in [1.29, 1.82) is 0 Å². The second-order valence-corrected chi connectivity index (χ2v) is 10.6. The highest BCUT2D eigenvalue weighted by Crippen LogP contribution is 2.73. The molecule has 2 atom stereocenters. The van der Waals surface area contributed by atoms with Crippen LogP contribution in [0.5, 0.6) is 0 Å². The Balaban J connectivity index is 1.49. The van der Waals surface area contributed by atoms with Gasteiger partial charge in [-0.2, -0.15) is 0 Å². The van der Waals surface area contributed by atoms with Gasteiger partial charge in [-0.15, -0.1) is 0 Å². The number of amides is 1. The topological polar surface area (TPSA) is 58.2 Å². The molecular weight excluding hydrogens is 523 g/mol. The van der Waals surface area contributed by atoms with Gasteiger partial charge in [-0.05, 0) is 42.0 Å². The van der Waals surface area contributed by atoms with Gasteiger partial charge >= 0.3 is 0 Å². The van der Waals surface area contributed by atoms with Gasteiger partial charge in [0.25, 0.3) is 11.8 Å². The molecule has 0 bridgehead atoms. The molecule has 0 radical (unpaired) electrons. The highest BCUT2D eigenvalue weighted by Gasteiger charge is 2.76. The quantitative estimate of drug-likeness (QED) is 0.324. The fraction of sp³-hybridized carbons (Fsp3) is 0.364. The lowest BCUT2D eigenvalue weighted by molar-refractivity contribution is -0.112. The lowest BCUT2D eigenvalue weighted by atomic mass is 9.88. The first kappa shape index (κ1) is 24.5. The van der Waals surface area contributed by atoms with Crippen LogP contribution in [0.15, 0.2) is 36.4 Å². The van der Waals surface area contributed by atoms with Crippen molar-refractivity contribution in [3.63, 3.8) is 0 Å². The van der Waals surface area contributed by atoms with Crippen molar-refractivity contribution in [3.8, 4) is 0 Å². The summed E-state index contributed by atoms with van der Waals surface area (Å²) in [6, 6.07) is 7.70. The number of halogens is 7. The summed E-state index contributed by atoms with van der Waals surface area (Å²) in [5, 5.41) is 5.82. The molecule has 1 amide bonds. The van der Waals surface area contributed by atoms with E-state index in [2.05, 4.69) is 10.6 Å². The van der Waals surface area contributed by atoms with Gasteiger partial charge in [0.15, 0.2) is 0 Å². The van der Waals surface area contributed by atoms with Gasteiger partial charge in [-0.25, -0.2) is 13.2 Å². The van der Waals surface area contributed by atoms with Crippen molar-refractivity contribution < 1.29 is 22.8 Å². The molecule has 2 N–H and O–H groups in total. The molecule has 0 heterocycles. The number of alkyl halides is 4. The van der Waals surface area contributed by atoms with Crippen LogP contribution in [0.1, 0.15) is 34.7 Å². The number of hydrogen-bond acceptors (Lipinski definition) is 3. The smallest absolute Gasteiger partial charge is 0.253 e. The first-order valence-electron chi connectivity index (χ1n) is 9.91. The first-order valence-corrected chi connectivity index (χ1v) is 11.4. The van der Waals surface area contributed by atoms with E-state index < -0.39 is 52.2 Å². The van der Waals surface area contributed by atoms with Crippen LogP contribution in [-0.2, 0) is 4.79 Å². The Morgan fingerprint density at radius 2 is 1.82 bits per heavy atom. The lowest BCUT2D eigenvalue weighted by Crippen LogP contribution is -2.50. The van der Waals surface area contributed by atoms with E-state index >= 15 is 0 Å². The molecule has 2 aliphatic carbocycles. The molecule has 2 aromatic carbocycles. The monoisotopic (exact) mass is 538 g/mol. The Kier molecular flexibility index (Phi) is 6.32. The Morgan fingerprint density at radius 1 is 1.12 bits per heavy atom. The minimum Gasteiger partial charge on any atom is -0.384 e. The van der Waals surface area contributed by atoms with E-state index in [4.69, 9.17) is 46.4 Å². The Bertz CT molecular complexity index is 1100. The van der Waals surface area contributed by atoms with Crippen molar-refractivity contribution in [2.75, 3.05) is 11.9 Å². The summed E-state index contributed by atoms with van der Waals surface area (Å²) in [6.07, 6.45) is -0.228. The Hall–Kier alpha value is -1.67. The molecule has 11 heteroatoms. The molecular formula is C22H17Cl4F3N2O2. The first-order chi connectivity index (χ1) is 15.4. The molecule has 176 valence electrons. The lowest BCUT2D eigenvalue weighted by Gasteiger charge is -2.35. The SMILES string of the molecule is O=CC1(CNc2ccc(Cl)c(C(=O)NC3CC(F)(F)C3)c2)C(c2cc(F)cc(Cl)c2)C1(Cl)Cl. The number of anilines is 1. The van der Waals surface area contributed by atoms with Gasteiger partial charge in [0, 0.05) is 42.1 Å². The van der Waals surface area contributed by atoms with Crippen LogP contribution in [0.2, 0.25) is 10.0 Å². The molecule has 0 aliphatic heterocycles. The molecule has 4 rings (SSSR count). The number of aldehydes is 1. The van der Waals surface area contributed by atoms with E-state index in [0.29, 0.717) is 17.5 Å². The average molecular weight is 540 g/mol. The van der Waals surface area contributed by atoms with Crippen LogP contribution in [0, 0.1) is 11.2 Å². The summed E-state index contributed by atoms with van der Waals surface area (Å²) in [5.41, 5.74) is -0.388. The minimum absolute atomic E-state index is 0.0279. The van der Waals surface area contributed by atoms with Gasteiger partial charge in [0.1, 0.15) is 16.4 Å². The standard InChI is InChI=1S/C22H17Cl4F3N2O2/c23-12-3-11(4-13(27)5-12)18-20(10-32,22(18,25)26)9-30-14-1-2-17(24)16(6-14)19(33)31-15-7-21(28,29)8-15/h1-6,10,15,18,30H,7-9H2,(H,31,33). The van der Waals surface area contributed by atoms with Gasteiger partial charge < -0.3 is 15.4 Å². The van der Waals surface area contributed by atoms with E-state index in [0.717, 1.165) is 6.07 Å². The molecule has 2 aliphatic rings. The number of rotatable bonds is 7. The number of hydrogen-bond donors (Lipinski definition) is 2. The normalized spacial score (nSPS) is 25.1. The zero-order chi connectivity index (χ0) is 24.2. The van der Waals surface area contributed by atoms with Crippen molar-refractivity contribution in [2.24, 2.45) is 5.41 Å². The minimum atomic E-state index is -2.77. The molecule has 2 unspecified atom stereocenters. The number of carbonyl (C=O) groups excluding carboxylic acids is 2. The van der Waals surface area contributed by atoms with Crippen molar-refractivity contribution in [1.82, 2.24) is 5.32 Å². The second kappa shape index (κ2) is 8.52. The third-order valence-electron chi connectivity index (χ3n) is 6.06. The zero-order valence-electron chi connectivity index (χ0n) is 16.8. The maximum absolute atomic E-state index is 13.8. The fourth-order valence-electron chi connectivity index (χ4n) is 4.22. The molecule has 33 heavy (non-hydrogen) atoms. The van der Waals surface area contributed by atoms with Gasteiger partial charge in [-0.3, -0.25) is 4.79 Å². The van der Waals surface area contributed by atoms with Gasteiger partial charge in [0.05, 0.1) is 16.0 Å². The third kappa shape index (κ3) is 4.53. The predicted molar refractivity (Wildman–Crippen MR) is 122 cm³/mol. The molecule has 0 aromatic heterocycles. The van der Waals surface area contributed by atoms with Crippen molar-refractivity contribution >= 4 is 64.3 Å². The van der Waals surface area contributed by atoms with Crippen LogP contribution in [0.25, 0.3) is 0 Å². The molecule has 2 aromatic rings. The van der Waals surface area contributed by atoms with Crippen LogP contribution in [0.4, 0.5) is 18.9 Å². The highest BCUT2D eigenvalue weighted by molar-refractivity contribution is 6.54. The fourth-order valence-corrected chi connectivity index (χ4v) is 5.62. The summed E-state index contributed by atoms with van der Waals surface area (Å²) in [7, 11) is 0. The highest BCUT2D eigenvalue weighted by atomic mass is 35.5. The maximum Gasteiger partial charge on any atom is 0.253 e. The van der Waals surface area contributed by atoms with Gasteiger partial charge in [0.2, 0.25) is 0 Å². The van der Waals surface area contributed by atoms with Gasteiger partial charge in [-0.1, -0.05) is 46.4 Å². The maximum atomic E-state index is 13.8. The Morgan fingerprint density at radius 3 is 2.42 bits per heavy atom. The summed E-state index contributed by atoms with van der Waals surface area (Å²) in [6.45, 7) is -0.0279. The summed E-state index contributed by atoms with van der Waals surface area (Å²) < 4.78 is 38.4. The molecule has 0 spiro atoms. The number of benzene rings is 2. The molecule has 4 nitrogen and oxygen atoms in total. The van der Waals surface area contributed by atoms with Crippen LogP contribution in [0.3, 0.4) is 0 Å². The molecule has 0 saturated heterocycles. The van der Waals surface area contributed by atoms with Crippen LogP contribution < -0.4 is 10.6 Å². The van der Waals surface area contributed by atoms with Crippen LogP contribution >= 0.6 is 46.4 Å². The summed E-state index contributed by atoms with van der Waals surface area (Å²) >= 11 is 24.9. The number of carbonyl (C=O) groups is 2. The second-order valence-electron chi connectivity index (χ2n) is 8.40. The van der Waals surface area contributed by atoms with E-state index in [1.807, 2.05) is 0 Å². The molecule has 2 fully saturated rings. The number of nitrogens with one attached hydrogen (secondary N) is 2. The van der Waals surface area contributed by atoms with Crippen molar-refractivity contribution in [2.45, 2.75) is 35.1 Å². The van der Waals surface area contributed by atoms with Crippen molar-refractivity contribution in [3.05, 3.63) is 63.4 Å². The Labute approximate surface area is 207 Å². The summed E-state index contributed by atoms with van der Waals surface area (Å²) in [4.78, 5) is 24.5.